The van der Waals surface area contributed by atoms with E-state index in [0.29, 0.717) is 11.4 Å². The van der Waals surface area contributed by atoms with Crippen LogP contribution in [0.3, 0.4) is 0 Å². The van der Waals surface area contributed by atoms with Crippen molar-refractivity contribution in [2.75, 3.05) is 0 Å². The Balaban J connectivity index is 2.27. The quantitative estimate of drug-likeness (QED) is 0.699. The van der Waals surface area contributed by atoms with Gasteiger partial charge in [-0.25, -0.2) is 9.50 Å². The summed E-state index contributed by atoms with van der Waals surface area (Å²) in [4.78, 5) is 22.1. The highest BCUT2D eigenvalue weighted by atomic mass is 35.5. The molecule has 0 fully saturated rings. The highest BCUT2D eigenvalue weighted by Crippen LogP contribution is 2.19. The highest BCUT2D eigenvalue weighted by Gasteiger charge is 2.09. The van der Waals surface area contributed by atoms with Gasteiger partial charge in [0.05, 0.1) is 29.7 Å². The van der Waals surface area contributed by atoms with Crippen LogP contribution in [0.1, 0.15) is 0 Å². The lowest BCUT2D eigenvalue weighted by Gasteiger charge is -1.97. The minimum atomic E-state index is -0.375. The summed E-state index contributed by atoms with van der Waals surface area (Å²) < 4.78 is 1.65. The smallest absolute Gasteiger partial charge is 0.269 e. The summed E-state index contributed by atoms with van der Waals surface area (Å²) >= 11 is 5.62. The molecule has 0 saturated carbocycles. The fraction of sp³-hybridized carbons (Fsp3) is 0. The van der Waals surface area contributed by atoms with Crippen LogP contribution in [-0.2, 0) is 0 Å². The van der Waals surface area contributed by atoms with E-state index in [2.05, 4.69) is 20.1 Å². The normalized spacial score (nSPS) is 10.9. The maximum Gasteiger partial charge on any atom is 0.269 e. The Morgan fingerprint density at radius 3 is 3.00 bits per heavy atom. The fourth-order valence-electron chi connectivity index (χ4n) is 1.53. The second-order valence-corrected chi connectivity index (χ2v) is 3.78. The molecule has 0 aromatic carbocycles. The van der Waals surface area contributed by atoms with E-state index in [-0.39, 0.29) is 10.6 Å². The van der Waals surface area contributed by atoms with E-state index in [1.165, 1.54) is 6.20 Å². The van der Waals surface area contributed by atoms with Gasteiger partial charge in [0.2, 0.25) is 0 Å². The van der Waals surface area contributed by atoms with Crippen LogP contribution < -0.4 is 5.56 Å². The number of aromatic amines is 1. The molecular formula is C10H6ClN5O. The van der Waals surface area contributed by atoms with Gasteiger partial charge < -0.3 is 4.98 Å². The molecule has 3 heterocycles. The molecule has 7 heteroatoms. The molecule has 84 valence electrons. The molecule has 0 radical (unpaired) electrons. The number of halogens is 1. The molecule has 0 aliphatic heterocycles. The molecule has 3 aromatic rings. The van der Waals surface area contributed by atoms with Gasteiger partial charge in [0, 0.05) is 12.4 Å². The predicted molar refractivity (Wildman–Crippen MR) is 61.8 cm³/mol. The van der Waals surface area contributed by atoms with Crippen molar-refractivity contribution in [3.05, 3.63) is 46.4 Å². The lowest BCUT2D eigenvalue weighted by molar-refractivity contribution is 0.946. The molecule has 0 atom stereocenters. The van der Waals surface area contributed by atoms with Crippen molar-refractivity contribution in [2.45, 2.75) is 0 Å². The van der Waals surface area contributed by atoms with Crippen LogP contribution in [0.5, 0.6) is 0 Å². The molecule has 6 nitrogen and oxygen atoms in total. The number of rotatable bonds is 1. The largest absolute Gasteiger partial charge is 0.305 e. The third kappa shape index (κ3) is 1.58. The summed E-state index contributed by atoms with van der Waals surface area (Å²) in [5.74, 6) is 0.419. The fourth-order valence-corrected chi connectivity index (χ4v) is 1.63. The van der Waals surface area contributed by atoms with Crippen LogP contribution >= 0.6 is 11.6 Å². The Kier molecular flexibility index (Phi) is 2.15. The Morgan fingerprint density at radius 1 is 1.29 bits per heavy atom. The minimum absolute atomic E-state index is 0.0587. The van der Waals surface area contributed by atoms with E-state index in [9.17, 15) is 4.79 Å². The highest BCUT2D eigenvalue weighted by molar-refractivity contribution is 6.30. The Bertz CT molecular complexity index is 748. The molecule has 0 aliphatic carbocycles. The van der Waals surface area contributed by atoms with E-state index in [1.807, 2.05) is 0 Å². The average Bonchev–Trinajstić information content (AvgIpc) is 2.76. The van der Waals surface area contributed by atoms with Crippen molar-refractivity contribution >= 4 is 17.1 Å². The van der Waals surface area contributed by atoms with E-state index < -0.39 is 0 Å². The first kappa shape index (κ1) is 9.98. The number of hydrogen-bond donors (Lipinski definition) is 1. The van der Waals surface area contributed by atoms with Crippen molar-refractivity contribution in [2.24, 2.45) is 0 Å². The van der Waals surface area contributed by atoms with E-state index in [4.69, 9.17) is 11.6 Å². The first-order chi connectivity index (χ1) is 8.25. The zero-order chi connectivity index (χ0) is 11.8. The summed E-state index contributed by atoms with van der Waals surface area (Å²) in [7, 11) is 0. The summed E-state index contributed by atoms with van der Waals surface area (Å²) in [5.41, 5.74) is 1.09. The van der Waals surface area contributed by atoms with Gasteiger partial charge >= 0.3 is 0 Å². The van der Waals surface area contributed by atoms with Gasteiger partial charge in [0.15, 0.2) is 0 Å². The molecule has 0 unspecified atom stereocenters. The Labute approximate surface area is 99.9 Å². The summed E-state index contributed by atoms with van der Waals surface area (Å²) in [6.45, 7) is 0. The molecule has 3 rings (SSSR count). The molecule has 0 bridgehead atoms. The van der Waals surface area contributed by atoms with Crippen molar-refractivity contribution in [1.29, 1.82) is 0 Å². The predicted octanol–water partition coefficient (Wildman–Crippen LogP) is 1.13. The van der Waals surface area contributed by atoms with Crippen LogP contribution in [-0.4, -0.2) is 24.6 Å². The Morgan fingerprint density at radius 2 is 2.18 bits per heavy atom. The standard InChI is InChI=1S/C10H6ClN5O/c11-7-4-13-9(15-10(7)17)6-3-14-16-2-1-12-5-8(6)16/h1-5H,(H,13,15,17). The van der Waals surface area contributed by atoms with E-state index in [0.717, 1.165) is 5.52 Å². The van der Waals surface area contributed by atoms with Gasteiger partial charge in [0.25, 0.3) is 5.56 Å². The van der Waals surface area contributed by atoms with Crippen LogP contribution in [0.15, 0.2) is 35.8 Å². The number of hydrogen-bond acceptors (Lipinski definition) is 4. The van der Waals surface area contributed by atoms with Gasteiger partial charge in [-0.3, -0.25) is 9.78 Å². The second kappa shape index (κ2) is 3.67. The monoisotopic (exact) mass is 247 g/mol. The lowest BCUT2D eigenvalue weighted by atomic mass is 10.3. The van der Waals surface area contributed by atoms with Gasteiger partial charge in [0.1, 0.15) is 10.8 Å². The summed E-state index contributed by atoms with van der Waals surface area (Å²) in [6, 6.07) is 0. The molecular weight excluding hydrogens is 242 g/mol. The van der Waals surface area contributed by atoms with Crippen molar-refractivity contribution in [1.82, 2.24) is 24.6 Å². The van der Waals surface area contributed by atoms with Crippen LogP contribution in [0.2, 0.25) is 5.02 Å². The molecule has 3 aromatic heterocycles. The maximum atomic E-state index is 11.4. The number of H-pyrrole nitrogens is 1. The lowest BCUT2D eigenvalue weighted by Crippen LogP contribution is -2.08. The number of fused-ring (bicyclic) bond motifs is 1. The number of nitrogens with zero attached hydrogens (tertiary/aromatic N) is 4. The zero-order valence-electron chi connectivity index (χ0n) is 8.46. The first-order valence-corrected chi connectivity index (χ1v) is 5.16. The SMILES string of the molecule is O=c1[nH]c(-c2cnn3ccncc23)ncc1Cl. The molecule has 0 aliphatic rings. The van der Waals surface area contributed by atoms with E-state index in [1.54, 1.807) is 29.3 Å². The average molecular weight is 248 g/mol. The second-order valence-electron chi connectivity index (χ2n) is 3.37. The van der Waals surface area contributed by atoms with E-state index >= 15 is 0 Å². The van der Waals surface area contributed by atoms with Crippen LogP contribution in [0.25, 0.3) is 16.9 Å². The van der Waals surface area contributed by atoms with Gasteiger partial charge in [-0.1, -0.05) is 11.6 Å². The Hall–Kier alpha value is -2.21. The maximum absolute atomic E-state index is 11.4. The number of nitrogens with one attached hydrogen (secondary N) is 1. The molecule has 1 N–H and O–H groups in total. The molecule has 0 amide bonds. The molecule has 0 saturated heterocycles. The topological polar surface area (TPSA) is 75.9 Å². The minimum Gasteiger partial charge on any atom is -0.305 e. The zero-order valence-corrected chi connectivity index (χ0v) is 9.22. The number of aromatic nitrogens is 5. The van der Waals surface area contributed by atoms with Gasteiger partial charge in [-0.2, -0.15) is 5.10 Å². The summed E-state index contributed by atoms with van der Waals surface area (Å²) in [5, 5.41) is 4.19. The first-order valence-electron chi connectivity index (χ1n) is 4.78. The van der Waals surface area contributed by atoms with Crippen LogP contribution in [0.4, 0.5) is 0 Å². The molecule has 17 heavy (non-hydrogen) atoms. The third-order valence-corrected chi connectivity index (χ3v) is 2.60. The van der Waals surface area contributed by atoms with Crippen LogP contribution in [0, 0.1) is 0 Å². The molecule has 0 spiro atoms. The summed E-state index contributed by atoms with van der Waals surface area (Å²) in [6.07, 6.45) is 7.92. The van der Waals surface area contributed by atoms with Gasteiger partial charge in [-0.05, 0) is 0 Å². The van der Waals surface area contributed by atoms with Crippen molar-refractivity contribution in [3.8, 4) is 11.4 Å². The van der Waals surface area contributed by atoms with Crippen molar-refractivity contribution in [3.63, 3.8) is 0 Å². The third-order valence-electron chi connectivity index (χ3n) is 2.34. The van der Waals surface area contributed by atoms with Crippen molar-refractivity contribution < 1.29 is 0 Å². The van der Waals surface area contributed by atoms with Gasteiger partial charge in [-0.15, -0.1) is 0 Å².